The zero-order chi connectivity index (χ0) is 30.9. The summed E-state index contributed by atoms with van der Waals surface area (Å²) < 4.78 is 21.8. The van der Waals surface area contributed by atoms with Gasteiger partial charge in [-0.1, -0.05) is 6.07 Å². The van der Waals surface area contributed by atoms with E-state index in [0.29, 0.717) is 35.3 Å². The van der Waals surface area contributed by atoms with Crippen LogP contribution in [0, 0.1) is 11.7 Å². The van der Waals surface area contributed by atoms with Crippen molar-refractivity contribution in [2.24, 2.45) is 5.92 Å². The van der Waals surface area contributed by atoms with Crippen LogP contribution in [-0.2, 0) is 11.2 Å². The molecular weight excluding hydrogens is 589 g/mol. The molecule has 1 saturated carbocycles. The summed E-state index contributed by atoms with van der Waals surface area (Å²) in [5.41, 5.74) is 2.71. The minimum absolute atomic E-state index is 0.0277. The maximum Gasteiger partial charge on any atom is 0.255 e. The number of likely N-dealkylation sites (N-methyl/N-ethyl adjacent to an activating group) is 1. The number of amides is 1. The Bertz CT molecular complexity index is 1690. The van der Waals surface area contributed by atoms with Gasteiger partial charge in [0.15, 0.2) is 11.6 Å². The highest BCUT2D eigenvalue weighted by Crippen LogP contribution is 2.39. The molecule has 2 saturated heterocycles. The summed E-state index contributed by atoms with van der Waals surface area (Å²) >= 11 is 1.46. The average Bonchev–Trinajstić information content (AvgIpc) is 3.76. The molecule has 1 aliphatic carbocycles. The molecule has 0 unspecified atom stereocenters. The van der Waals surface area contributed by atoms with E-state index in [0.717, 1.165) is 85.7 Å². The van der Waals surface area contributed by atoms with Crippen molar-refractivity contribution in [3.05, 3.63) is 71.8 Å². The van der Waals surface area contributed by atoms with Crippen molar-refractivity contribution in [1.82, 2.24) is 24.7 Å². The Morgan fingerprint density at radius 2 is 1.73 bits per heavy atom. The molecule has 1 amide bonds. The number of Topliss-reactive ketones (excluding diaryl/α,β-unsaturated/α-hetero) is 1. The normalized spacial score (nSPS) is 18.4. The largest absolute Gasteiger partial charge is 0.453 e. The zero-order valence-corrected chi connectivity index (χ0v) is 26.4. The molecule has 0 atom stereocenters. The molecule has 4 aromatic rings. The van der Waals surface area contributed by atoms with Gasteiger partial charge >= 0.3 is 0 Å². The quantitative estimate of drug-likeness (QED) is 0.224. The van der Waals surface area contributed by atoms with E-state index in [4.69, 9.17) is 4.74 Å². The number of carbonyl (C=O) groups excluding carboxylic acids is 2. The first kappa shape index (κ1) is 30.0. The number of rotatable bonds is 9. The Kier molecular flexibility index (Phi) is 8.61. The molecule has 3 aromatic heterocycles. The Balaban J connectivity index is 0.996. The number of thiophene rings is 1. The van der Waals surface area contributed by atoms with Crippen molar-refractivity contribution in [1.29, 1.82) is 0 Å². The number of piperazine rings is 1. The third-order valence-electron chi connectivity index (χ3n) is 9.28. The number of ketones is 1. The van der Waals surface area contributed by atoms with Gasteiger partial charge in [0.25, 0.3) is 5.91 Å². The molecule has 3 fully saturated rings. The summed E-state index contributed by atoms with van der Waals surface area (Å²) in [5.74, 6) is 0.799. The van der Waals surface area contributed by atoms with Crippen LogP contribution in [0.5, 0.6) is 11.5 Å². The van der Waals surface area contributed by atoms with Crippen LogP contribution in [0.2, 0.25) is 0 Å². The highest BCUT2D eigenvalue weighted by molar-refractivity contribution is 7.22. The average molecular weight is 628 g/mol. The van der Waals surface area contributed by atoms with E-state index in [1.54, 1.807) is 30.6 Å². The standard InChI is InChI=1S/C35H38FN5O3S/c1-39-14-16-40(17-15-39)26-9-12-41(13-10-26)35(43)25-5-6-29(38-22-25)33-21-30-34(45-33)32(8-11-37-30)44-31-7-4-24(20-28(31)36)19-27(42)18-23-2-3-23/h4-8,11,20-23,26H,2-3,9-10,12-19H2,1H3. The number of piperidine rings is 1. The molecule has 3 aliphatic rings. The number of hydrogen-bond acceptors (Lipinski definition) is 8. The number of hydrogen-bond donors (Lipinski definition) is 0. The van der Waals surface area contributed by atoms with Crippen molar-refractivity contribution in [3.63, 3.8) is 0 Å². The van der Waals surface area contributed by atoms with Crippen molar-refractivity contribution in [3.8, 4) is 22.1 Å². The van der Waals surface area contributed by atoms with Crippen LogP contribution < -0.4 is 4.74 Å². The first-order valence-corrected chi connectivity index (χ1v) is 16.8. The summed E-state index contributed by atoms with van der Waals surface area (Å²) in [4.78, 5) is 42.4. The lowest BCUT2D eigenvalue weighted by molar-refractivity contribution is -0.118. The van der Waals surface area contributed by atoms with Crippen LogP contribution in [-0.4, -0.2) is 88.7 Å². The van der Waals surface area contributed by atoms with Crippen LogP contribution in [0.1, 0.15) is 48.0 Å². The summed E-state index contributed by atoms with van der Waals surface area (Å²) in [6.45, 7) is 5.97. The second-order valence-electron chi connectivity index (χ2n) is 12.7. The number of halogens is 1. The van der Waals surface area contributed by atoms with Gasteiger partial charge in [-0.2, -0.15) is 0 Å². The van der Waals surface area contributed by atoms with E-state index < -0.39 is 5.82 Å². The first-order valence-electron chi connectivity index (χ1n) is 15.9. The highest BCUT2D eigenvalue weighted by atomic mass is 32.1. The fourth-order valence-corrected chi connectivity index (χ4v) is 7.43. The number of ether oxygens (including phenoxy) is 1. The third kappa shape index (κ3) is 6.93. The molecule has 8 nitrogen and oxygen atoms in total. The summed E-state index contributed by atoms with van der Waals surface area (Å²) in [7, 11) is 2.17. The van der Waals surface area contributed by atoms with Gasteiger partial charge in [-0.25, -0.2) is 4.39 Å². The van der Waals surface area contributed by atoms with Gasteiger partial charge in [0, 0.05) is 76.6 Å². The lowest BCUT2D eigenvalue weighted by Crippen LogP contribution is -2.52. The van der Waals surface area contributed by atoms with Crippen molar-refractivity contribution in [2.45, 2.75) is 44.6 Å². The van der Waals surface area contributed by atoms with E-state index >= 15 is 0 Å². The van der Waals surface area contributed by atoms with E-state index in [1.807, 2.05) is 23.1 Å². The van der Waals surface area contributed by atoms with Crippen LogP contribution >= 0.6 is 11.3 Å². The zero-order valence-electron chi connectivity index (χ0n) is 25.6. The molecule has 0 bridgehead atoms. The third-order valence-corrected chi connectivity index (χ3v) is 10.4. The number of likely N-dealkylation sites (tertiary alicyclic amines) is 1. The monoisotopic (exact) mass is 627 g/mol. The number of aromatic nitrogens is 2. The summed E-state index contributed by atoms with van der Waals surface area (Å²) in [6, 6.07) is 12.7. The molecule has 234 valence electrons. The van der Waals surface area contributed by atoms with Crippen LogP contribution in [0.3, 0.4) is 0 Å². The van der Waals surface area contributed by atoms with Gasteiger partial charge in [-0.15, -0.1) is 11.3 Å². The van der Waals surface area contributed by atoms with Gasteiger partial charge in [-0.3, -0.25) is 24.5 Å². The van der Waals surface area contributed by atoms with Gasteiger partial charge in [0.05, 0.1) is 26.4 Å². The predicted octanol–water partition coefficient (Wildman–Crippen LogP) is 6.05. The predicted molar refractivity (Wildman–Crippen MR) is 173 cm³/mol. The van der Waals surface area contributed by atoms with Gasteiger partial charge in [0.2, 0.25) is 0 Å². The van der Waals surface area contributed by atoms with Crippen LogP contribution in [0.25, 0.3) is 20.8 Å². The Morgan fingerprint density at radius 1 is 0.933 bits per heavy atom. The molecule has 0 N–H and O–H groups in total. The minimum atomic E-state index is -0.501. The maximum atomic E-state index is 15.0. The fourth-order valence-electron chi connectivity index (χ4n) is 6.39. The van der Waals surface area contributed by atoms with Crippen molar-refractivity contribution in [2.75, 3.05) is 46.3 Å². The highest BCUT2D eigenvalue weighted by Gasteiger charge is 2.29. The van der Waals surface area contributed by atoms with E-state index in [9.17, 15) is 14.0 Å². The maximum absolute atomic E-state index is 15.0. The number of pyridine rings is 2. The Hall–Kier alpha value is -3.73. The minimum Gasteiger partial charge on any atom is -0.453 e. The summed E-state index contributed by atoms with van der Waals surface area (Å²) in [5, 5.41) is 0. The van der Waals surface area contributed by atoms with Crippen molar-refractivity contribution < 1.29 is 18.7 Å². The molecule has 45 heavy (non-hydrogen) atoms. The Morgan fingerprint density at radius 3 is 2.44 bits per heavy atom. The van der Waals surface area contributed by atoms with E-state index in [1.165, 1.54) is 17.4 Å². The number of carbonyl (C=O) groups is 2. The van der Waals surface area contributed by atoms with Crippen LogP contribution in [0.4, 0.5) is 4.39 Å². The van der Waals surface area contributed by atoms with Crippen LogP contribution in [0.15, 0.2) is 54.9 Å². The molecule has 0 radical (unpaired) electrons. The lowest BCUT2D eigenvalue weighted by Gasteiger charge is -2.42. The summed E-state index contributed by atoms with van der Waals surface area (Å²) in [6.07, 6.45) is 8.38. The molecule has 10 heteroatoms. The molecule has 0 spiro atoms. The topological polar surface area (TPSA) is 78.9 Å². The fraction of sp³-hybridized carbons (Fsp3) is 0.429. The van der Waals surface area contributed by atoms with E-state index in [-0.39, 0.29) is 23.9 Å². The van der Waals surface area contributed by atoms with Gasteiger partial charge in [-0.05, 0) is 74.5 Å². The first-order chi connectivity index (χ1) is 21.9. The number of benzene rings is 1. The SMILES string of the molecule is CN1CCN(C2CCN(C(=O)c3ccc(-c4cc5nccc(Oc6ccc(CC(=O)CC7CC7)cc6F)c5s4)nc3)CC2)CC1. The molecule has 7 rings (SSSR count). The molecule has 1 aromatic carbocycles. The lowest BCUT2D eigenvalue weighted by atomic mass is 10.0. The number of nitrogens with zero attached hydrogens (tertiary/aromatic N) is 5. The van der Waals surface area contributed by atoms with Gasteiger partial charge in [0.1, 0.15) is 11.5 Å². The second-order valence-corrected chi connectivity index (χ2v) is 13.7. The van der Waals surface area contributed by atoms with E-state index in [2.05, 4.69) is 26.8 Å². The molecule has 2 aliphatic heterocycles. The Labute approximate surface area is 266 Å². The van der Waals surface area contributed by atoms with Gasteiger partial charge < -0.3 is 14.5 Å². The smallest absolute Gasteiger partial charge is 0.255 e. The molecular formula is C35H38FN5O3S. The second kappa shape index (κ2) is 12.9. The van der Waals surface area contributed by atoms with Crippen molar-refractivity contribution >= 4 is 33.2 Å². The number of fused-ring (bicyclic) bond motifs is 1. The molecule has 5 heterocycles.